The number of nitrogens with zero attached hydrogens (tertiary/aromatic N) is 5. The fourth-order valence-electron chi connectivity index (χ4n) is 3.27. The first-order valence-corrected chi connectivity index (χ1v) is 9.53. The monoisotopic (exact) mass is 398 g/mol. The average Bonchev–Trinajstić information content (AvgIpc) is 3.23. The summed E-state index contributed by atoms with van der Waals surface area (Å²) in [4.78, 5) is 42.0. The maximum atomic E-state index is 12.7. The van der Waals surface area contributed by atoms with Crippen LogP contribution in [0.3, 0.4) is 0 Å². The first-order chi connectivity index (χ1) is 14.0. The Hall–Kier alpha value is -3.07. The molecule has 2 amide bonds. The topological polar surface area (TPSA) is 101 Å². The first kappa shape index (κ1) is 20.7. The van der Waals surface area contributed by atoms with E-state index >= 15 is 0 Å². The Morgan fingerprint density at radius 1 is 1.31 bits per heavy atom. The van der Waals surface area contributed by atoms with Gasteiger partial charge in [-0.15, -0.1) is 0 Å². The van der Waals surface area contributed by atoms with Crippen LogP contribution in [-0.2, 0) is 4.74 Å². The fraction of sp³-hybridized carbons (Fsp3) is 0.450. The number of carbonyl (C=O) groups is 2. The van der Waals surface area contributed by atoms with Gasteiger partial charge in [-0.3, -0.25) is 14.6 Å². The van der Waals surface area contributed by atoms with Gasteiger partial charge in [-0.05, 0) is 18.6 Å². The third kappa shape index (κ3) is 4.86. The zero-order chi connectivity index (χ0) is 20.8. The van der Waals surface area contributed by atoms with Crippen LogP contribution in [0.5, 0.6) is 0 Å². The molecule has 1 fully saturated rings. The van der Waals surface area contributed by atoms with Crippen molar-refractivity contribution >= 4 is 17.8 Å². The van der Waals surface area contributed by atoms with Crippen LogP contribution in [0, 0.1) is 0 Å². The molecule has 154 valence electrons. The number of anilines is 1. The standard InChI is InChI=1S/C20H26N6O3/c1-25(2)20-23-12-15(18(27)22-9-11-29-3)17(24-20)14-7-10-26(13-14)19(28)16-6-4-5-8-21-16/h4-6,8,12,14H,7,9-11,13H2,1-3H3,(H,22,27). The lowest BCUT2D eigenvalue weighted by Crippen LogP contribution is -2.31. The van der Waals surface area contributed by atoms with Gasteiger partial charge in [0, 0.05) is 59.2 Å². The number of likely N-dealkylation sites (tertiary alicyclic amines) is 1. The lowest BCUT2D eigenvalue weighted by Gasteiger charge is -2.19. The zero-order valence-electron chi connectivity index (χ0n) is 17.0. The van der Waals surface area contributed by atoms with Gasteiger partial charge in [0.05, 0.1) is 17.9 Å². The van der Waals surface area contributed by atoms with Crippen molar-refractivity contribution < 1.29 is 14.3 Å². The maximum Gasteiger partial charge on any atom is 0.272 e. The normalized spacial score (nSPS) is 16.0. The molecule has 1 aliphatic rings. The predicted octanol–water partition coefficient (Wildman–Crippen LogP) is 0.943. The van der Waals surface area contributed by atoms with Gasteiger partial charge in [0.15, 0.2) is 0 Å². The molecule has 0 spiro atoms. The summed E-state index contributed by atoms with van der Waals surface area (Å²) in [5.74, 6) is 0.133. The van der Waals surface area contributed by atoms with E-state index in [-0.39, 0.29) is 17.7 Å². The van der Waals surface area contributed by atoms with Crippen molar-refractivity contribution in [2.75, 3.05) is 52.3 Å². The summed E-state index contributed by atoms with van der Waals surface area (Å²) in [6.07, 6.45) is 3.89. The van der Waals surface area contributed by atoms with Crippen molar-refractivity contribution in [1.29, 1.82) is 0 Å². The van der Waals surface area contributed by atoms with Crippen LogP contribution >= 0.6 is 0 Å². The zero-order valence-corrected chi connectivity index (χ0v) is 17.0. The van der Waals surface area contributed by atoms with Crippen molar-refractivity contribution in [3.63, 3.8) is 0 Å². The second kappa shape index (κ2) is 9.42. The maximum absolute atomic E-state index is 12.7. The Bertz CT molecular complexity index is 859. The molecular weight excluding hydrogens is 372 g/mol. The number of hydrogen-bond donors (Lipinski definition) is 1. The highest BCUT2D eigenvalue weighted by molar-refractivity contribution is 5.95. The highest BCUT2D eigenvalue weighted by Gasteiger charge is 2.32. The third-order valence-electron chi connectivity index (χ3n) is 4.79. The van der Waals surface area contributed by atoms with Gasteiger partial charge >= 0.3 is 0 Å². The van der Waals surface area contributed by atoms with E-state index in [0.29, 0.717) is 49.1 Å². The molecule has 3 heterocycles. The van der Waals surface area contributed by atoms with Crippen molar-refractivity contribution in [2.45, 2.75) is 12.3 Å². The lowest BCUT2D eigenvalue weighted by molar-refractivity contribution is 0.0785. The SMILES string of the molecule is COCCNC(=O)c1cnc(N(C)C)nc1C1CCN(C(=O)c2ccccn2)C1. The van der Waals surface area contributed by atoms with Crippen molar-refractivity contribution in [1.82, 2.24) is 25.2 Å². The number of pyridine rings is 1. The molecule has 1 unspecified atom stereocenters. The molecule has 1 N–H and O–H groups in total. The van der Waals surface area contributed by atoms with Crippen LogP contribution in [0.1, 0.15) is 38.9 Å². The molecule has 0 radical (unpaired) electrons. The van der Waals surface area contributed by atoms with Crippen molar-refractivity contribution in [2.24, 2.45) is 0 Å². The molecule has 1 saturated heterocycles. The Morgan fingerprint density at radius 3 is 2.83 bits per heavy atom. The summed E-state index contributed by atoms with van der Waals surface area (Å²) in [5, 5.41) is 2.82. The predicted molar refractivity (Wildman–Crippen MR) is 108 cm³/mol. The molecule has 0 aromatic carbocycles. The molecule has 3 rings (SSSR count). The Balaban J connectivity index is 1.81. The summed E-state index contributed by atoms with van der Waals surface area (Å²) >= 11 is 0. The van der Waals surface area contributed by atoms with Gasteiger partial charge in [-0.2, -0.15) is 0 Å². The van der Waals surface area contributed by atoms with Crippen LogP contribution in [-0.4, -0.2) is 79.1 Å². The fourth-order valence-corrected chi connectivity index (χ4v) is 3.27. The minimum Gasteiger partial charge on any atom is -0.383 e. The molecular formula is C20H26N6O3. The molecule has 0 aliphatic carbocycles. The van der Waals surface area contributed by atoms with E-state index in [9.17, 15) is 9.59 Å². The summed E-state index contributed by atoms with van der Waals surface area (Å²) in [7, 11) is 5.28. The van der Waals surface area contributed by atoms with Gasteiger partial charge < -0.3 is 19.9 Å². The highest BCUT2D eigenvalue weighted by Crippen LogP contribution is 2.29. The van der Waals surface area contributed by atoms with Gasteiger partial charge in [0.2, 0.25) is 5.95 Å². The minimum atomic E-state index is -0.239. The second-order valence-electron chi connectivity index (χ2n) is 7.06. The van der Waals surface area contributed by atoms with E-state index < -0.39 is 0 Å². The molecule has 0 bridgehead atoms. The third-order valence-corrected chi connectivity index (χ3v) is 4.79. The van der Waals surface area contributed by atoms with Crippen molar-refractivity contribution in [3.05, 3.63) is 47.5 Å². The van der Waals surface area contributed by atoms with Crippen LogP contribution in [0.4, 0.5) is 5.95 Å². The molecule has 2 aromatic rings. The quantitative estimate of drug-likeness (QED) is 0.693. The number of methoxy groups -OCH3 is 1. The molecule has 1 aliphatic heterocycles. The number of carbonyl (C=O) groups excluding carboxylic acids is 2. The smallest absolute Gasteiger partial charge is 0.272 e. The largest absolute Gasteiger partial charge is 0.383 e. The van der Waals surface area contributed by atoms with E-state index in [4.69, 9.17) is 4.74 Å². The molecule has 29 heavy (non-hydrogen) atoms. The van der Waals surface area contributed by atoms with E-state index in [2.05, 4.69) is 20.3 Å². The van der Waals surface area contributed by atoms with Gasteiger partial charge in [0.25, 0.3) is 11.8 Å². The van der Waals surface area contributed by atoms with Crippen LogP contribution in [0.2, 0.25) is 0 Å². The van der Waals surface area contributed by atoms with Crippen molar-refractivity contribution in [3.8, 4) is 0 Å². The van der Waals surface area contributed by atoms with E-state index in [0.717, 1.165) is 6.42 Å². The lowest BCUT2D eigenvalue weighted by atomic mass is 9.99. The Labute approximate surface area is 170 Å². The van der Waals surface area contributed by atoms with Crippen LogP contribution in [0.15, 0.2) is 30.6 Å². The molecule has 9 nitrogen and oxygen atoms in total. The molecule has 2 aromatic heterocycles. The van der Waals surface area contributed by atoms with Gasteiger partial charge in [0.1, 0.15) is 5.69 Å². The van der Waals surface area contributed by atoms with Gasteiger partial charge in [-0.25, -0.2) is 9.97 Å². The number of nitrogens with one attached hydrogen (secondary N) is 1. The molecule has 9 heteroatoms. The summed E-state index contributed by atoms with van der Waals surface area (Å²) in [6, 6.07) is 5.28. The Morgan fingerprint density at radius 2 is 2.14 bits per heavy atom. The Kier molecular flexibility index (Phi) is 6.71. The van der Waals surface area contributed by atoms with E-state index in [1.165, 1.54) is 0 Å². The summed E-state index contributed by atoms with van der Waals surface area (Å²) in [6.45, 7) is 1.90. The number of hydrogen-bond acceptors (Lipinski definition) is 7. The van der Waals surface area contributed by atoms with Crippen LogP contribution < -0.4 is 10.2 Å². The number of aromatic nitrogens is 3. The second-order valence-corrected chi connectivity index (χ2v) is 7.06. The van der Waals surface area contributed by atoms with E-state index in [1.807, 2.05) is 14.1 Å². The summed E-state index contributed by atoms with van der Waals surface area (Å²) < 4.78 is 4.99. The van der Waals surface area contributed by atoms with E-state index in [1.54, 1.807) is 47.5 Å². The van der Waals surface area contributed by atoms with Crippen LogP contribution in [0.25, 0.3) is 0 Å². The average molecular weight is 398 g/mol. The number of amides is 2. The van der Waals surface area contributed by atoms with Gasteiger partial charge in [-0.1, -0.05) is 6.07 Å². The number of rotatable bonds is 7. The first-order valence-electron chi connectivity index (χ1n) is 9.53. The highest BCUT2D eigenvalue weighted by atomic mass is 16.5. The molecule has 0 saturated carbocycles. The summed E-state index contributed by atoms with van der Waals surface area (Å²) in [5.41, 5.74) is 1.51. The number of ether oxygens (including phenoxy) is 1. The minimum absolute atomic E-state index is 0.0486. The molecule has 1 atom stereocenters.